The van der Waals surface area contributed by atoms with E-state index in [-0.39, 0.29) is 12.1 Å². The molecule has 2 fully saturated rings. The van der Waals surface area contributed by atoms with Gasteiger partial charge in [-0.15, -0.1) is 0 Å². The van der Waals surface area contributed by atoms with Crippen molar-refractivity contribution >= 4 is 0 Å². The summed E-state index contributed by atoms with van der Waals surface area (Å²) in [6.45, 7) is 7.97. The number of nitrogens with two attached hydrogens (primary N) is 1. The first-order valence-corrected chi connectivity index (χ1v) is 6.98. The van der Waals surface area contributed by atoms with Crippen molar-refractivity contribution in [1.82, 2.24) is 4.90 Å². The molecule has 0 aromatic carbocycles. The summed E-state index contributed by atoms with van der Waals surface area (Å²) < 4.78 is 11.4. The fourth-order valence-electron chi connectivity index (χ4n) is 2.86. The highest BCUT2D eigenvalue weighted by molar-refractivity contribution is 4.86. The maximum Gasteiger partial charge on any atom is 0.0856 e. The van der Waals surface area contributed by atoms with E-state index in [0.717, 1.165) is 45.9 Å². The molecule has 3 atom stereocenters. The van der Waals surface area contributed by atoms with Gasteiger partial charge in [-0.05, 0) is 25.8 Å². The topological polar surface area (TPSA) is 47.7 Å². The Kier molecular flexibility index (Phi) is 5.22. The van der Waals surface area contributed by atoms with Gasteiger partial charge in [0, 0.05) is 31.7 Å². The van der Waals surface area contributed by atoms with Gasteiger partial charge in [-0.1, -0.05) is 6.92 Å². The quantitative estimate of drug-likeness (QED) is 0.794. The molecule has 0 saturated carbocycles. The average Bonchev–Trinajstić information content (AvgIpc) is 2.40. The molecule has 0 aromatic heterocycles. The Morgan fingerprint density at radius 3 is 3.00 bits per heavy atom. The van der Waals surface area contributed by atoms with Crippen molar-refractivity contribution in [3.8, 4) is 0 Å². The molecule has 2 aliphatic rings. The van der Waals surface area contributed by atoms with E-state index < -0.39 is 0 Å². The molecular formula is C13H26N2O2. The zero-order valence-corrected chi connectivity index (χ0v) is 10.9. The third-order valence-corrected chi connectivity index (χ3v) is 3.89. The number of nitrogens with zero attached hydrogens (tertiary/aromatic N) is 1. The molecule has 0 aliphatic carbocycles. The summed E-state index contributed by atoms with van der Waals surface area (Å²) in [6.07, 6.45) is 3.73. The molecule has 0 radical (unpaired) electrons. The van der Waals surface area contributed by atoms with Crippen LogP contribution in [0.2, 0.25) is 0 Å². The van der Waals surface area contributed by atoms with E-state index in [4.69, 9.17) is 15.2 Å². The van der Waals surface area contributed by atoms with Crippen molar-refractivity contribution in [2.45, 2.75) is 38.3 Å². The Hall–Kier alpha value is -0.160. The van der Waals surface area contributed by atoms with Gasteiger partial charge in [0.1, 0.15) is 0 Å². The number of hydrogen-bond donors (Lipinski definition) is 1. The Morgan fingerprint density at radius 2 is 2.29 bits per heavy atom. The van der Waals surface area contributed by atoms with Crippen LogP contribution in [0, 0.1) is 5.92 Å². The van der Waals surface area contributed by atoms with Crippen LogP contribution in [-0.4, -0.2) is 56.5 Å². The molecule has 3 unspecified atom stereocenters. The van der Waals surface area contributed by atoms with Crippen molar-refractivity contribution < 1.29 is 9.47 Å². The molecule has 4 nitrogen and oxygen atoms in total. The fourth-order valence-corrected chi connectivity index (χ4v) is 2.86. The van der Waals surface area contributed by atoms with Crippen molar-refractivity contribution in [2.75, 3.05) is 39.5 Å². The molecule has 0 amide bonds. The fraction of sp³-hybridized carbons (Fsp3) is 1.00. The van der Waals surface area contributed by atoms with E-state index >= 15 is 0 Å². The van der Waals surface area contributed by atoms with E-state index in [1.165, 1.54) is 12.8 Å². The lowest BCUT2D eigenvalue weighted by atomic mass is 9.90. The predicted octanol–water partition coefficient (Wildman–Crippen LogP) is 0.851. The van der Waals surface area contributed by atoms with Gasteiger partial charge < -0.3 is 15.2 Å². The summed E-state index contributed by atoms with van der Waals surface area (Å²) in [4.78, 5) is 2.47. The SMILES string of the molecule is CCCN1CCOC(C(N)C2CCCOC2)C1. The standard InChI is InChI=1S/C13H26N2O2/c1-2-5-15-6-8-17-12(9-15)13(14)11-4-3-7-16-10-11/h11-13H,2-10,14H2,1H3. The number of morpholine rings is 1. The smallest absolute Gasteiger partial charge is 0.0856 e. The van der Waals surface area contributed by atoms with Gasteiger partial charge in [-0.25, -0.2) is 0 Å². The Morgan fingerprint density at radius 1 is 1.41 bits per heavy atom. The number of hydrogen-bond acceptors (Lipinski definition) is 4. The van der Waals surface area contributed by atoms with Crippen LogP contribution in [0.3, 0.4) is 0 Å². The van der Waals surface area contributed by atoms with E-state index in [1.54, 1.807) is 0 Å². The molecule has 2 aliphatic heterocycles. The minimum atomic E-state index is 0.134. The summed E-state index contributed by atoms with van der Waals surface area (Å²) in [5.41, 5.74) is 6.35. The minimum Gasteiger partial charge on any atom is -0.381 e. The van der Waals surface area contributed by atoms with Crippen LogP contribution in [0.4, 0.5) is 0 Å². The highest BCUT2D eigenvalue weighted by Gasteiger charge is 2.31. The molecule has 100 valence electrons. The lowest BCUT2D eigenvalue weighted by Gasteiger charge is -2.39. The van der Waals surface area contributed by atoms with Gasteiger partial charge in [0.05, 0.1) is 19.3 Å². The first-order valence-electron chi connectivity index (χ1n) is 6.98. The summed E-state index contributed by atoms with van der Waals surface area (Å²) in [7, 11) is 0. The second-order valence-corrected chi connectivity index (χ2v) is 5.26. The molecule has 2 heterocycles. The number of ether oxygens (including phenoxy) is 2. The lowest BCUT2D eigenvalue weighted by molar-refractivity contribution is -0.0638. The van der Waals surface area contributed by atoms with E-state index in [2.05, 4.69) is 11.8 Å². The molecular weight excluding hydrogens is 216 g/mol. The summed E-state index contributed by atoms with van der Waals surface area (Å²) in [5.74, 6) is 0.482. The first-order chi connectivity index (χ1) is 8.31. The first kappa shape index (κ1) is 13.3. The lowest BCUT2D eigenvalue weighted by Crippen LogP contribution is -2.54. The van der Waals surface area contributed by atoms with Gasteiger partial charge in [0.2, 0.25) is 0 Å². The maximum atomic E-state index is 6.35. The average molecular weight is 242 g/mol. The van der Waals surface area contributed by atoms with Crippen LogP contribution in [-0.2, 0) is 9.47 Å². The van der Waals surface area contributed by atoms with Gasteiger partial charge >= 0.3 is 0 Å². The van der Waals surface area contributed by atoms with Crippen LogP contribution >= 0.6 is 0 Å². The molecule has 0 spiro atoms. The third-order valence-electron chi connectivity index (χ3n) is 3.89. The molecule has 2 rings (SSSR count). The Balaban J connectivity index is 1.82. The zero-order valence-electron chi connectivity index (χ0n) is 10.9. The van der Waals surface area contributed by atoms with E-state index in [0.29, 0.717) is 5.92 Å². The van der Waals surface area contributed by atoms with Crippen LogP contribution in [0.15, 0.2) is 0 Å². The minimum absolute atomic E-state index is 0.134. The summed E-state index contributed by atoms with van der Waals surface area (Å²) in [5, 5.41) is 0. The molecule has 4 heteroatoms. The Labute approximate surface area is 104 Å². The third kappa shape index (κ3) is 3.65. The maximum absolute atomic E-state index is 6.35. The largest absolute Gasteiger partial charge is 0.381 e. The normalized spacial score (nSPS) is 33.5. The molecule has 2 N–H and O–H groups in total. The number of rotatable bonds is 4. The summed E-state index contributed by atoms with van der Waals surface area (Å²) in [6, 6.07) is 0.134. The van der Waals surface area contributed by atoms with E-state index in [1.807, 2.05) is 0 Å². The van der Waals surface area contributed by atoms with Crippen LogP contribution < -0.4 is 5.73 Å². The monoisotopic (exact) mass is 242 g/mol. The molecule has 17 heavy (non-hydrogen) atoms. The van der Waals surface area contributed by atoms with Gasteiger partial charge in [-0.2, -0.15) is 0 Å². The molecule has 0 aromatic rings. The summed E-state index contributed by atoms with van der Waals surface area (Å²) >= 11 is 0. The molecule has 2 saturated heterocycles. The van der Waals surface area contributed by atoms with Crippen molar-refractivity contribution in [1.29, 1.82) is 0 Å². The highest BCUT2D eigenvalue weighted by Crippen LogP contribution is 2.21. The van der Waals surface area contributed by atoms with E-state index in [9.17, 15) is 0 Å². The van der Waals surface area contributed by atoms with Crippen molar-refractivity contribution in [3.05, 3.63) is 0 Å². The second-order valence-electron chi connectivity index (χ2n) is 5.26. The second kappa shape index (κ2) is 6.69. The van der Waals surface area contributed by atoms with Crippen molar-refractivity contribution in [2.24, 2.45) is 11.7 Å². The Bertz CT molecular complexity index is 217. The van der Waals surface area contributed by atoms with Crippen LogP contribution in [0.25, 0.3) is 0 Å². The van der Waals surface area contributed by atoms with Crippen LogP contribution in [0.5, 0.6) is 0 Å². The van der Waals surface area contributed by atoms with Gasteiger partial charge in [0.15, 0.2) is 0 Å². The van der Waals surface area contributed by atoms with Crippen molar-refractivity contribution in [3.63, 3.8) is 0 Å². The predicted molar refractivity (Wildman–Crippen MR) is 68.0 cm³/mol. The highest BCUT2D eigenvalue weighted by atomic mass is 16.5. The zero-order chi connectivity index (χ0) is 12.1. The van der Waals surface area contributed by atoms with Crippen LogP contribution in [0.1, 0.15) is 26.2 Å². The van der Waals surface area contributed by atoms with Gasteiger partial charge in [-0.3, -0.25) is 4.90 Å². The molecule has 0 bridgehead atoms. The van der Waals surface area contributed by atoms with Gasteiger partial charge in [0.25, 0.3) is 0 Å².